The van der Waals surface area contributed by atoms with Crippen LogP contribution >= 0.6 is 0 Å². The number of ether oxygens (including phenoxy) is 1. The van der Waals surface area contributed by atoms with Gasteiger partial charge in [0.25, 0.3) is 5.91 Å². The number of carbonyl (C=O) groups excluding carboxylic acids is 2. The molecule has 1 saturated heterocycles. The fraction of sp³-hybridized carbons (Fsp3) is 0.846. The van der Waals surface area contributed by atoms with Crippen molar-refractivity contribution in [3.8, 4) is 0 Å². The van der Waals surface area contributed by atoms with Gasteiger partial charge in [0.1, 0.15) is 0 Å². The molecular weight excluding hydrogens is 218 g/mol. The molecule has 1 heterocycles. The summed E-state index contributed by atoms with van der Waals surface area (Å²) >= 11 is 0. The van der Waals surface area contributed by atoms with Gasteiger partial charge in [-0.25, -0.2) is 0 Å². The molecule has 96 valence electrons. The van der Waals surface area contributed by atoms with Crippen LogP contribution in [0.25, 0.3) is 0 Å². The van der Waals surface area contributed by atoms with Gasteiger partial charge in [0.2, 0.25) is 0 Å². The molecule has 1 saturated carbocycles. The van der Waals surface area contributed by atoms with E-state index in [-0.39, 0.29) is 11.9 Å². The summed E-state index contributed by atoms with van der Waals surface area (Å²) in [6, 6.07) is 0. The Morgan fingerprint density at radius 3 is 2.41 bits per heavy atom. The van der Waals surface area contributed by atoms with E-state index in [0.717, 1.165) is 12.8 Å². The molecule has 2 fully saturated rings. The molecule has 4 nitrogen and oxygen atoms in total. The summed E-state index contributed by atoms with van der Waals surface area (Å²) in [5, 5.41) is 2.87. The van der Waals surface area contributed by atoms with E-state index in [4.69, 9.17) is 4.74 Å². The maximum atomic E-state index is 12.3. The SMILES string of the molecule is CCCNC(=O)[C@@]12CC[C@](C)(C(=O)O1)C2(C)C. The van der Waals surface area contributed by atoms with Gasteiger partial charge >= 0.3 is 5.97 Å². The highest BCUT2D eigenvalue weighted by molar-refractivity contribution is 5.96. The second kappa shape index (κ2) is 3.47. The maximum Gasteiger partial charge on any atom is 0.313 e. The molecule has 1 N–H and O–H groups in total. The van der Waals surface area contributed by atoms with E-state index in [1.165, 1.54) is 0 Å². The summed E-state index contributed by atoms with van der Waals surface area (Å²) in [7, 11) is 0. The molecule has 0 aromatic heterocycles. The van der Waals surface area contributed by atoms with Crippen LogP contribution in [0.4, 0.5) is 0 Å². The van der Waals surface area contributed by atoms with Crippen molar-refractivity contribution in [1.29, 1.82) is 0 Å². The minimum atomic E-state index is -0.950. The van der Waals surface area contributed by atoms with Crippen LogP contribution in [0.2, 0.25) is 0 Å². The lowest BCUT2D eigenvalue weighted by molar-refractivity contribution is -0.168. The van der Waals surface area contributed by atoms with Gasteiger partial charge in [-0.05, 0) is 26.2 Å². The minimum Gasteiger partial charge on any atom is -0.448 e. The largest absolute Gasteiger partial charge is 0.448 e. The van der Waals surface area contributed by atoms with E-state index >= 15 is 0 Å². The Balaban J connectivity index is 2.33. The zero-order valence-corrected chi connectivity index (χ0v) is 11.1. The molecule has 2 rings (SSSR count). The van der Waals surface area contributed by atoms with Gasteiger partial charge in [0, 0.05) is 12.0 Å². The summed E-state index contributed by atoms with van der Waals surface area (Å²) < 4.78 is 5.47. The van der Waals surface area contributed by atoms with Gasteiger partial charge in [-0.1, -0.05) is 20.8 Å². The molecule has 2 bridgehead atoms. The van der Waals surface area contributed by atoms with Crippen LogP contribution in [0, 0.1) is 10.8 Å². The zero-order valence-electron chi connectivity index (χ0n) is 11.1. The monoisotopic (exact) mass is 239 g/mol. The van der Waals surface area contributed by atoms with Crippen LogP contribution in [-0.2, 0) is 14.3 Å². The lowest BCUT2D eigenvalue weighted by Gasteiger charge is -2.35. The smallest absolute Gasteiger partial charge is 0.313 e. The van der Waals surface area contributed by atoms with Gasteiger partial charge < -0.3 is 10.1 Å². The van der Waals surface area contributed by atoms with E-state index < -0.39 is 16.4 Å². The first-order valence-corrected chi connectivity index (χ1v) is 6.33. The van der Waals surface area contributed by atoms with Gasteiger partial charge in [0.05, 0.1) is 5.41 Å². The van der Waals surface area contributed by atoms with Crippen molar-refractivity contribution in [2.45, 2.75) is 52.6 Å². The first-order chi connectivity index (χ1) is 7.82. The quantitative estimate of drug-likeness (QED) is 0.762. The molecule has 0 aromatic carbocycles. The lowest BCUT2D eigenvalue weighted by atomic mass is 9.66. The molecule has 2 atom stereocenters. The Labute approximate surface area is 102 Å². The van der Waals surface area contributed by atoms with E-state index in [9.17, 15) is 9.59 Å². The number of rotatable bonds is 3. The molecular formula is C13H21NO3. The van der Waals surface area contributed by atoms with Gasteiger partial charge in [-0.2, -0.15) is 0 Å². The van der Waals surface area contributed by atoms with Crippen LogP contribution in [0.1, 0.15) is 47.0 Å². The van der Waals surface area contributed by atoms with Crippen LogP contribution in [0.15, 0.2) is 0 Å². The number of fused-ring (bicyclic) bond motifs is 2. The molecule has 1 amide bonds. The fourth-order valence-corrected chi connectivity index (χ4v) is 3.13. The summed E-state index contributed by atoms with van der Waals surface area (Å²) in [5.74, 6) is -0.348. The molecule has 0 radical (unpaired) electrons. The van der Waals surface area contributed by atoms with Crippen molar-refractivity contribution < 1.29 is 14.3 Å². The lowest BCUT2D eigenvalue weighted by Crippen LogP contribution is -2.53. The molecule has 17 heavy (non-hydrogen) atoms. The van der Waals surface area contributed by atoms with Gasteiger partial charge in [-0.3, -0.25) is 9.59 Å². The highest BCUT2D eigenvalue weighted by atomic mass is 16.6. The molecule has 2 aliphatic rings. The average molecular weight is 239 g/mol. The predicted octanol–water partition coefficient (Wildman–Crippen LogP) is 1.63. The second-order valence-corrected chi connectivity index (χ2v) is 5.93. The highest BCUT2D eigenvalue weighted by Gasteiger charge is 2.75. The third-order valence-corrected chi connectivity index (χ3v) is 4.99. The zero-order chi connectivity index (χ0) is 12.9. The Morgan fingerprint density at radius 2 is 2.00 bits per heavy atom. The summed E-state index contributed by atoms with van der Waals surface area (Å²) in [4.78, 5) is 24.3. The molecule has 4 heteroatoms. The van der Waals surface area contributed by atoms with Crippen LogP contribution in [-0.4, -0.2) is 24.0 Å². The Kier molecular flexibility index (Phi) is 2.53. The Hall–Kier alpha value is -1.06. The second-order valence-electron chi connectivity index (χ2n) is 5.93. The summed E-state index contributed by atoms with van der Waals surface area (Å²) in [5.41, 5.74) is -1.90. The van der Waals surface area contributed by atoms with E-state index in [1.807, 2.05) is 27.7 Å². The van der Waals surface area contributed by atoms with Crippen molar-refractivity contribution in [1.82, 2.24) is 5.32 Å². The molecule has 0 unspecified atom stereocenters. The standard InChI is InChI=1S/C13H21NO3/c1-5-8-14-9(15)13-7-6-12(4,10(16)17-13)11(13,2)3/h5-8H2,1-4H3,(H,14,15)/t12-,13-/m1/s1. The Bertz CT molecular complexity index is 377. The first-order valence-electron chi connectivity index (χ1n) is 6.33. The first kappa shape index (κ1) is 12.4. The van der Waals surface area contributed by atoms with Gasteiger partial charge in [-0.15, -0.1) is 0 Å². The van der Waals surface area contributed by atoms with E-state index in [0.29, 0.717) is 13.0 Å². The third-order valence-electron chi connectivity index (χ3n) is 4.99. The third kappa shape index (κ3) is 1.24. The number of carbonyl (C=O) groups is 2. The summed E-state index contributed by atoms with van der Waals surface area (Å²) in [6.45, 7) is 8.48. The number of amides is 1. The minimum absolute atomic E-state index is 0.126. The number of nitrogens with one attached hydrogen (secondary N) is 1. The Morgan fingerprint density at radius 1 is 1.35 bits per heavy atom. The predicted molar refractivity (Wildman–Crippen MR) is 63.2 cm³/mol. The van der Waals surface area contributed by atoms with Crippen molar-refractivity contribution in [2.24, 2.45) is 10.8 Å². The maximum absolute atomic E-state index is 12.3. The van der Waals surface area contributed by atoms with E-state index in [1.54, 1.807) is 0 Å². The number of hydrogen-bond acceptors (Lipinski definition) is 3. The molecule has 0 aromatic rings. The number of esters is 1. The molecule has 0 spiro atoms. The molecule has 1 aliphatic carbocycles. The summed E-state index contributed by atoms with van der Waals surface area (Å²) in [6.07, 6.45) is 2.25. The van der Waals surface area contributed by atoms with Gasteiger partial charge in [0.15, 0.2) is 5.60 Å². The van der Waals surface area contributed by atoms with Crippen molar-refractivity contribution >= 4 is 11.9 Å². The van der Waals surface area contributed by atoms with Crippen LogP contribution < -0.4 is 5.32 Å². The van der Waals surface area contributed by atoms with Crippen LogP contribution in [0.3, 0.4) is 0 Å². The average Bonchev–Trinajstić information content (AvgIpc) is 2.56. The van der Waals surface area contributed by atoms with Crippen molar-refractivity contribution in [3.63, 3.8) is 0 Å². The molecule has 1 aliphatic heterocycles. The number of hydrogen-bond donors (Lipinski definition) is 1. The normalized spacial score (nSPS) is 38.0. The topological polar surface area (TPSA) is 55.4 Å². The van der Waals surface area contributed by atoms with E-state index in [2.05, 4.69) is 5.32 Å². The highest BCUT2D eigenvalue weighted by Crippen LogP contribution is 2.65. The van der Waals surface area contributed by atoms with Crippen LogP contribution in [0.5, 0.6) is 0 Å². The van der Waals surface area contributed by atoms with Crippen molar-refractivity contribution in [3.05, 3.63) is 0 Å². The van der Waals surface area contributed by atoms with Crippen molar-refractivity contribution in [2.75, 3.05) is 6.54 Å². The fourth-order valence-electron chi connectivity index (χ4n) is 3.13.